The summed E-state index contributed by atoms with van der Waals surface area (Å²) in [6.45, 7) is 16.7. The molecule has 0 aliphatic carbocycles. The minimum atomic E-state index is -1.65. The molecule has 0 bridgehead atoms. The fourth-order valence-corrected chi connectivity index (χ4v) is 2.41. The van der Waals surface area contributed by atoms with Crippen LogP contribution in [-0.2, 0) is 0 Å². The van der Waals surface area contributed by atoms with Crippen molar-refractivity contribution in [3.63, 3.8) is 0 Å². The van der Waals surface area contributed by atoms with Gasteiger partial charge in [0.1, 0.15) is 0 Å². The van der Waals surface area contributed by atoms with Gasteiger partial charge in [-0.05, 0) is 39.3 Å². The van der Waals surface area contributed by atoms with Crippen LogP contribution < -0.4 is 8.85 Å². The Hall–Kier alpha value is -0.886. The maximum atomic E-state index is 5.78. The number of rotatable bonds is 4. The number of nitrogens with zero attached hydrogens (tertiary/aromatic N) is 2. The van der Waals surface area contributed by atoms with Crippen molar-refractivity contribution in [2.45, 2.75) is 53.1 Å². The summed E-state index contributed by atoms with van der Waals surface area (Å²) in [5.41, 5.74) is 0. The van der Waals surface area contributed by atoms with E-state index in [0.29, 0.717) is 11.9 Å². The number of hydrogen-bond donors (Lipinski definition) is 0. The molecule has 1 aromatic rings. The molecule has 18 heavy (non-hydrogen) atoms. The molecule has 104 valence electrons. The van der Waals surface area contributed by atoms with Gasteiger partial charge in [0.25, 0.3) is 0 Å². The van der Waals surface area contributed by atoms with Crippen LogP contribution in [0.4, 0.5) is 0 Å². The molecule has 0 fully saturated rings. The SMILES string of the molecule is CC.C[Si](C)(C)Oc1ccnc(O[Si](C)(C)C)n1. The van der Waals surface area contributed by atoms with Crippen LogP contribution in [0.25, 0.3) is 0 Å². The lowest BCUT2D eigenvalue weighted by Gasteiger charge is -2.20. The Morgan fingerprint density at radius 2 is 1.39 bits per heavy atom. The minimum absolute atomic E-state index is 0.426. The van der Waals surface area contributed by atoms with E-state index < -0.39 is 16.6 Å². The van der Waals surface area contributed by atoms with E-state index in [9.17, 15) is 0 Å². The van der Waals surface area contributed by atoms with Gasteiger partial charge >= 0.3 is 6.01 Å². The Morgan fingerprint density at radius 1 is 0.889 bits per heavy atom. The third-order valence-electron chi connectivity index (χ3n) is 1.42. The summed E-state index contributed by atoms with van der Waals surface area (Å²) in [5, 5.41) is 0. The molecule has 0 spiro atoms. The lowest BCUT2D eigenvalue weighted by Crippen LogP contribution is -2.31. The third kappa shape index (κ3) is 8.24. The van der Waals surface area contributed by atoms with Crippen molar-refractivity contribution in [2.75, 3.05) is 0 Å². The monoisotopic (exact) mass is 286 g/mol. The summed E-state index contributed by atoms with van der Waals surface area (Å²) in [6, 6.07) is 2.20. The van der Waals surface area contributed by atoms with Crippen molar-refractivity contribution in [1.29, 1.82) is 0 Å². The van der Waals surface area contributed by atoms with Crippen LogP contribution in [0.5, 0.6) is 11.9 Å². The van der Waals surface area contributed by atoms with Gasteiger partial charge in [0.2, 0.25) is 22.5 Å². The van der Waals surface area contributed by atoms with Gasteiger partial charge in [0.15, 0.2) is 0 Å². The van der Waals surface area contributed by atoms with E-state index in [2.05, 4.69) is 49.3 Å². The quantitative estimate of drug-likeness (QED) is 0.787. The van der Waals surface area contributed by atoms with Crippen LogP contribution in [0, 0.1) is 0 Å². The zero-order chi connectivity index (χ0) is 14.4. The van der Waals surface area contributed by atoms with E-state index in [4.69, 9.17) is 8.85 Å². The summed E-state index contributed by atoms with van der Waals surface area (Å²) in [4.78, 5) is 8.35. The van der Waals surface area contributed by atoms with Gasteiger partial charge < -0.3 is 8.85 Å². The van der Waals surface area contributed by atoms with Crippen LogP contribution >= 0.6 is 0 Å². The second kappa shape index (κ2) is 6.89. The van der Waals surface area contributed by atoms with E-state index in [1.807, 2.05) is 13.8 Å². The lowest BCUT2D eigenvalue weighted by molar-refractivity contribution is 0.476. The standard InChI is InChI=1S/C10H20N2O2Si2.C2H6/c1-15(2,3)13-9-7-8-11-10(12-9)14-16(4,5)6;1-2/h7-8H,1-6H3;1-2H3. The Balaban J connectivity index is 0.00000137. The number of aromatic nitrogens is 2. The predicted molar refractivity (Wildman–Crippen MR) is 81.3 cm³/mol. The van der Waals surface area contributed by atoms with E-state index in [-0.39, 0.29) is 0 Å². The largest absolute Gasteiger partial charge is 0.531 e. The van der Waals surface area contributed by atoms with E-state index in [0.717, 1.165) is 0 Å². The molecule has 4 nitrogen and oxygen atoms in total. The average Bonchev–Trinajstić information content (AvgIpc) is 2.15. The van der Waals surface area contributed by atoms with Gasteiger partial charge in [-0.15, -0.1) is 0 Å². The molecular formula is C12H26N2O2Si2. The zero-order valence-electron chi connectivity index (χ0n) is 12.9. The van der Waals surface area contributed by atoms with Crippen molar-refractivity contribution < 1.29 is 8.85 Å². The second-order valence-electron chi connectivity index (χ2n) is 5.61. The fraction of sp³-hybridized carbons (Fsp3) is 0.667. The molecule has 0 unspecified atom stereocenters. The minimum Gasteiger partial charge on any atom is -0.531 e. The Labute approximate surface area is 113 Å². The summed E-state index contributed by atoms with van der Waals surface area (Å²) >= 11 is 0. The molecular weight excluding hydrogens is 260 g/mol. The molecule has 0 amide bonds. The van der Waals surface area contributed by atoms with Crippen molar-refractivity contribution in [2.24, 2.45) is 0 Å². The molecule has 0 saturated carbocycles. The van der Waals surface area contributed by atoms with Gasteiger partial charge in [0.05, 0.1) is 0 Å². The van der Waals surface area contributed by atoms with Gasteiger partial charge in [-0.2, -0.15) is 4.98 Å². The lowest BCUT2D eigenvalue weighted by atomic mass is 10.6. The van der Waals surface area contributed by atoms with Crippen molar-refractivity contribution in [3.8, 4) is 11.9 Å². The van der Waals surface area contributed by atoms with Gasteiger partial charge in [0, 0.05) is 12.3 Å². The first-order valence-electron chi connectivity index (χ1n) is 6.37. The maximum Gasteiger partial charge on any atom is 0.305 e. The third-order valence-corrected chi connectivity index (χ3v) is 3.03. The highest BCUT2D eigenvalue weighted by Crippen LogP contribution is 2.17. The first-order valence-corrected chi connectivity index (χ1v) is 13.2. The van der Waals surface area contributed by atoms with Crippen LogP contribution in [-0.4, -0.2) is 26.6 Å². The van der Waals surface area contributed by atoms with Crippen LogP contribution in [0.2, 0.25) is 39.3 Å². The fourth-order valence-electron chi connectivity index (χ4n) is 1.02. The van der Waals surface area contributed by atoms with E-state index in [1.165, 1.54) is 0 Å². The maximum absolute atomic E-state index is 5.78. The van der Waals surface area contributed by atoms with Gasteiger partial charge in [-0.3, -0.25) is 0 Å². The Morgan fingerprint density at radius 3 is 1.83 bits per heavy atom. The summed E-state index contributed by atoms with van der Waals surface area (Å²) in [6.07, 6.45) is 1.68. The highest BCUT2D eigenvalue weighted by molar-refractivity contribution is 6.70. The van der Waals surface area contributed by atoms with Crippen LogP contribution in [0.1, 0.15) is 13.8 Å². The van der Waals surface area contributed by atoms with E-state index >= 15 is 0 Å². The first kappa shape index (κ1) is 17.1. The van der Waals surface area contributed by atoms with Gasteiger partial charge in [-0.1, -0.05) is 13.8 Å². The van der Waals surface area contributed by atoms with Crippen LogP contribution in [0.15, 0.2) is 12.3 Å². The molecule has 1 heterocycles. The molecule has 6 heteroatoms. The molecule has 1 aromatic heterocycles. The molecule has 0 aliphatic heterocycles. The molecule has 0 aliphatic rings. The van der Waals surface area contributed by atoms with Crippen molar-refractivity contribution in [3.05, 3.63) is 12.3 Å². The second-order valence-corrected chi connectivity index (χ2v) is 14.5. The van der Waals surface area contributed by atoms with E-state index in [1.54, 1.807) is 12.3 Å². The predicted octanol–water partition coefficient (Wildman–Crippen LogP) is 3.93. The normalized spacial score (nSPS) is 11.3. The van der Waals surface area contributed by atoms with Crippen molar-refractivity contribution >= 4 is 16.6 Å². The smallest absolute Gasteiger partial charge is 0.305 e. The molecule has 0 saturated heterocycles. The Kier molecular flexibility index (Phi) is 6.55. The first-order chi connectivity index (χ1) is 8.16. The average molecular weight is 287 g/mol. The van der Waals surface area contributed by atoms with Crippen LogP contribution in [0.3, 0.4) is 0 Å². The Bertz CT molecular complexity index is 329. The topological polar surface area (TPSA) is 44.2 Å². The molecule has 0 radical (unpaired) electrons. The summed E-state index contributed by atoms with van der Waals surface area (Å²) in [7, 11) is -3.26. The summed E-state index contributed by atoms with van der Waals surface area (Å²) in [5.74, 6) is 0.613. The highest BCUT2D eigenvalue weighted by Gasteiger charge is 2.20. The zero-order valence-corrected chi connectivity index (χ0v) is 14.9. The van der Waals surface area contributed by atoms with Gasteiger partial charge in [-0.25, -0.2) is 4.98 Å². The molecule has 0 aromatic carbocycles. The summed E-state index contributed by atoms with van der Waals surface area (Å²) < 4.78 is 11.5. The molecule has 0 atom stereocenters. The molecule has 0 N–H and O–H groups in total. The number of hydrogen-bond acceptors (Lipinski definition) is 4. The molecule has 1 rings (SSSR count). The van der Waals surface area contributed by atoms with Crippen molar-refractivity contribution in [1.82, 2.24) is 9.97 Å². The highest BCUT2D eigenvalue weighted by atomic mass is 28.4.